The minimum atomic E-state index is -0.431. The Hall–Kier alpha value is -3.30. The lowest BCUT2D eigenvalue weighted by Gasteiger charge is -2.19. The summed E-state index contributed by atoms with van der Waals surface area (Å²) in [5, 5.41) is 12.4. The van der Waals surface area contributed by atoms with Gasteiger partial charge in [-0.05, 0) is 42.0 Å². The first-order valence-electron chi connectivity index (χ1n) is 8.22. The van der Waals surface area contributed by atoms with E-state index in [0.29, 0.717) is 22.2 Å². The molecule has 27 heavy (non-hydrogen) atoms. The molecule has 6 nitrogen and oxygen atoms in total. The van der Waals surface area contributed by atoms with Crippen molar-refractivity contribution >= 4 is 17.5 Å². The van der Waals surface area contributed by atoms with Crippen LogP contribution < -0.4 is 10.1 Å². The van der Waals surface area contributed by atoms with Gasteiger partial charge in [-0.15, -0.1) is 0 Å². The highest BCUT2D eigenvalue weighted by molar-refractivity contribution is 6.30. The van der Waals surface area contributed by atoms with E-state index in [1.807, 2.05) is 36.0 Å². The highest BCUT2D eigenvalue weighted by Gasteiger charge is 2.21. The van der Waals surface area contributed by atoms with Crippen molar-refractivity contribution in [3.05, 3.63) is 82.9 Å². The molecule has 1 atom stereocenters. The summed E-state index contributed by atoms with van der Waals surface area (Å²) in [6.45, 7) is -0.152. The summed E-state index contributed by atoms with van der Waals surface area (Å²) in [6, 6.07) is 15.4. The van der Waals surface area contributed by atoms with E-state index in [1.54, 1.807) is 42.6 Å². The van der Waals surface area contributed by atoms with E-state index in [4.69, 9.17) is 21.6 Å². The fourth-order valence-corrected chi connectivity index (χ4v) is 2.71. The monoisotopic (exact) mass is 380 g/mol. The predicted octanol–water partition coefficient (Wildman–Crippen LogP) is 3.23. The molecule has 0 saturated heterocycles. The number of amides is 1. The number of halogens is 1. The lowest BCUT2D eigenvalue weighted by Crippen LogP contribution is -2.34. The Morgan fingerprint density at radius 1 is 1.26 bits per heavy atom. The number of ether oxygens (including phenoxy) is 1. The van der Waals surface area contributed by atoms with Gasteiger partial charge in [0, 0.05) is 24.5 Å². The van der Waals surface area contributed by atoms with Crippen LogP contribution in [-0.2, 0) is 11.8 Å². The molecule has 1 heterocycles. The summed E-state index contributed by atoms with van der Waals surface area (Å²) in [5.74, 6) is 0.926. The number of aromatic nitrogens is 2. The van der Waals surface area contributed by atoms with Gasteiger partial charge in [0.05, 0.1) is 11.6 Å². The molecule has 0 aliphatic carbocycles. The summed E-state index contributed by atoms with van der Waals surface area (Å²) in [6.07, 6.45) is 3.50. The molecule has 136 valence electrons. The number of carbonyl (C=O) groups excluding carboxylic acids is 1. The number of hydrogen-bond donors (Lipinski definition) is 1. The fourth-order valence-electron chi connectivity index (χ4n) is 2.58. The van der Waals surface area contributed by atoms with Crippen molar-refractivity contribution in [3.8, 4) is 11.8 Å². The zero-order chi connectivity index (χ0) is 19.2. The molecule has 0 aliphatic heterocycles. The van der Waals surface area contributed by atoms with Crippen LogP contribution >= 0.6 is 11.6 Å². The minimum Gasteiger partial charge on any atom is -0.484 e. The lowest BCUT2D eigenvalue weighted by atomic mass is 10.1. The second-order valence-corrected chi connectivity index (χ2v) is 6.31. The smallest absolute Gasteiger partial charge is 0.258 e. The predicted molar refractivity (Wildman–Crippen MR) is 101 cm³/mol. The molecule has 0 unspecified atom stereocenters. The number of rotatable bonds is 6. The quantitative estimate of drug-likeness (QED) is 0.712. The average molecular weight is 381 g/mol. The van der Waals surface area contributed by atoms with Crippen molar-refractivity contribution < 1.29 is 9.53 Å². The molecule has 0 aliphatic rings. The van der Waals surface area contributed by atoms with Gasteiger partial charge in [0.1, 0.15) is 17.6 Å². The summed E-state index contributed by atoms with van der Waals surface area (Å²) < 4.78 is 7.35. The third-order valence-electron chi connectivity index (χ3n) is 3.98. The van der Waals surface area contributed by atoms with Crippen LogP contribution in [0.15, 0.2) is 60.9 Å². The van der Waals surface area contributed by atoms with Crippen LogP contribution in [0.25, 0.3) is 0 Å². The number of benzene rings is 2. The molecule has 0 spiro atoms. The van der Waals surface area contributed by atoms with Crippen molar-refractivity contribution in [1.82, 2.24) is 14.9 Å². The topological polar surface area (TPSA) is 79.9 Å². The summed E-state index contributed by atoms with van der Waals surface area (Å²) in [5.41, 5.74) is 1.39. The van der Waals surface area contributed by atoms with E-state index in [-0.39, 0.29) is 12.5 Å². The SMILES string of the molecule is Cn1ccnc1[C@H](NC(=O)COc1ccc(C#N)cc1)c1ccc(Cl)cc1. The Morgan fingerprint density at radius 3 is 2.56 bits per heavy atom. The van der Waals surface area contributed by atoms with Crippen molar-refractivity contribution in [2.75, 3.05) is 6.61 Å². The van der Waals surface area contributed by atoms with E-state index in [1.165, 1.54) is 0 Å². The van der Waals surface area contributed by atoms with E-state index < -0.39 is 6.04 Å². The largest absolute Gasteiger partial charge is 0.484 e. The third kappa shape index (κ3) is 4.66. The van der Waals surface area contributed by atoms with Crippen LogP contribution in [0.5, 0.6) is 5.75 Å². The zero-order valence-electron chi connectivity index (χ0n) is 14.6. The lowest BCUT2D eigenvalue weighted by molar-refractivity contribution is -0.123. The van der Waals surface area contributed by atoms with Gasteiger partial charge in [0.2, 0.25) is 0 Å². The second kappa shape index (κ2) is 8.39. The molecule has 0 saturated carbocycles. The molecular weight excluding hydrogens is 364 g/mol. The van der Waals surface area contributed by atoms with Crippen LogP contribution in [0, 0.1) is 11.3 Å². The van der Waals surface area contributed by atoms with Gasteiger partial charge in [-0.3, -0.25) is 4.79 Å². The van der Waals surface area contributed by atoms with E-state index >= 15 is 0 Å². The highest BCUT2D eigenvalue weighted by Crippen LogP contribution is 2.22. The number of nitrogens with one attached hydrogen (secondary N) is 1. The third-order valence-corrected chi connectivity index (χ3v) is 4.23. The number of aryl methyl sites for hydroxylation is 1. The maximum atomic E-state index is 12.4. The van der Waals surface area contributed by atoms with E-state index in [2.05, 4.69) is 10.3 Å². The van der Waals surface area contributed by atoms with Crippen LogP contribution in [0.4, 0.5) is 0 Å². The molecule has 3 rings (SSSR count). The fraction of sp³-hybridized carbons (Fsp3) is 0.150. The second-order valence-electron chi connectivity index (χ2n) is 5.87. The van der Waals surface area contributed by atoms with Gasteiger partial charge in [0.25, 0.3) is 5.91 Å². The maximum Gasteiger partial charge on any atom is 0.258 e. The Bertz CT molecular complexity index is 959. The highest BCUT2D eigenvalue weighted by atomic mass is 35.5. The Labute approximate surface area is 162 Å². The molecule has 1 amide bonds. The van der Waals surface area contributed by atoms with Crippen molar-refractivity contribution in [2.24, 2.45) is 7.05 Å². The van der Waals surface area contributed by atoms with E-state index in [9.17, 15) is 4.79 Å². The number of imidazole rings is 1. The van der Waals surface area contributed by atoms with Crippen LogP contribution in [0.2, 0.25) is 5.02 Å². The molecule has 0 fully saturated rings. The normalized spacial score (nSPS) is 11.4. The Morgan fingerprint density at radius 2 is 1.96 bits per heavy atom. The molecule has 1 N–H and O–H groups in total. The molecule has 1 aromatic heterocycles. The first kappa shape index (κ1) is 18.5. The summed E-state index contributed by atoms with van der Waals surface area (Å²) in [4.78, 5) is 16.8. The Balaban J connectivity index is 1.71. The van der Waals surface area contributed by atoms with Crippen molar-refractivity contribution in [3.63, 3.8) is 0 Å². The standard InChI is InChI=1S/C20H17ClN4O2/c1-25-11-10-23-20(25)19(15-4-6-16(21)7-5-15)24-18(26)13-27-17-8-2-14(12-22)3-9-17/h2-11,19H,13H2,1H3,(H,24,26)/t19-/m1/s1. The first-order valence-corrected chi connectivity index (χ1v) is 8.59. The molecule has 3 aromatic rings. The molecule has 0 radical (unpaired) electrons. The average Bonchev–Trinajstić information content (AvgIpc) is 3.11. The number of carbonyl (C=O) groups is 1. The van der Waals surface area contributed by atoms with Crippen molar-refractivity contribution in [2.45, 2.75) is 6.04 Å². The van der Waals surface area contributed by atoms with Gasteiger partial charge < -0.3 is 14.6 Å². The molecule has 0 bridgehead atoms. The maximum absolute atomic E-state index is 12.4. The van der Waals surface area contributed by atoms with E-state index in [0.717, 1.165) is 5.56 Å². The number of hydrogen-bond acceptors (Lipinski definition) is 4. The molecular formula is C20H17ClN4O2. The Kier molecular flexibility index (Phi) is 5.74. The zero-order valence-corrected chi connectivity index (χ0v) is 15.3. The van der Waals surface area contributed by atoms with Gasteiger partial charge in [-0.1, -0.05) is 23.7 Å². The first-order chi connectivity index (χ1) is 13.1. The minimum absolute atomic E-state index is 0.152. The van der Waals surface area contributed by atoms with Gasteiger partial charge >= 0.3 is 0 Å². The van der Waals surface area contributed by atoms with Crippen LogP contribution in [0.3, 0.4) is 0 Å². The van der Waals surface area contributed by atoms with Gasteiger partial charge in [-0.2, -0.15) is 5.26 Å². The summed E-state index contributed by atoms with van der Waals surface area (Å²) >= 11 is 5.97. The summed E-state index contributed by atoms with van der Waals surface area (Å²) in [7, 11) is 1.87. The number of nitrogens with zero attached hydrogens (tertiary/aromatic N) is 3. The van der Waals surface area contributed by atoms with Crippen molar-refractivity contribution in [1.29, 1.82) is 5.26 Å². The van der Waals surface area contributed by atoms with Gasteiger partial charge in [0.15, 0.2) is 6.61 Å². The number of nitriles is 1. The molecule has 7 heteroatoms. The van der Waals surface area contributed by atoms with Crippen LogP contribution in [0.1, 0.15) is 23.0 Å². The van der Waals surface area contributed by atoms with Crippen LogP contribution in [-0.4, -0.2) is 22.1 Å². The van der Waals surface area contributed by atoms with Gasteiger partial charge in [-0.25, -0.2) is 4.98 Å². The molecule has 2 aromatic carbocycles.